The van der Waals surface area contributed by atoms with Crippen molar-refractivity contribution >= 4 is 23.8 Å². The van der Waals surface area contributed by atoms with Gasteiger partial charge in [-0.3, -0.25) is 4.79 Å². The lowest BCUT2D eigenvalue weighted by Crippen LogP contribution is -2.57. The average molecular weight is 442 g/mol. The summed E-state index contributed by atoms with van der Waals surface area (Å²) in [6.07, 6.45) is -3.92. The summed E-state index contributed by atoms with van der Waals surface area (Å²) >= 11 is 0. The average Bonchev–Trinajstić information content (AvgIpc) is 2.86. The molecule has 3 heterocycles. The van der Waals surface area contributed by atoms with Gasteiger partial charge in [0.2, 0.25) is 0 Å². The molecule has 170 valence electrons. The number of ether oxygens (including phenoxy) is 1. The number of likely N-dealkylation sites (N-methyl/N-ethyl adjacent to an activating group) is 1. The highest BCUT2D eigenvalue weighted by molar-refractivity contribution is 6.22. The molecule has 1 aromatic heterocycles. The molecule has 0 atom stereocenters. The molecule has 3 rings (SSSR count). The standard InChI is InChI=1S/C20H25F3N4O4/c1-5-26-16(29)27(14-12-13(6-9-24-14)20(21,22)23)15(28)19(26)7-10-25(11-8-19)17(30)31-18(2,3)4/h6,9,12H,5,7-8,10-11H2,1-4H3. The van der Waals surface area contributed by atoms with Crippen LogP contribution in [-0.4, -0.2) is 63.6 Å². The van der Waals surface area contributed by atoms with Crippen LogP contribution < -0.4 is 4.90 Å². The Balaban J connectivity index is 1.86. The van der Waals surface area contributed by atoms with E-state index in [0.717, 1.165) is 12.3 Å². The van der Waals surface area contributed by atoms with Gasteiger partial charge in [-0.1, -0.05) is 0 Å². The molecule has 0 N–H and O–H groups in total. The molecule has 8 nitrogen and oxygen atoms in total. The summed E-state index contributed by atoms with van der Waals surface area (Å²) in [5.74, 6) is -0.996. The molecule has 4 amide bonds. The normalized spacial score (nSPS) is 19.4. The number of urea groups is 1. The molecule has 2 aliphatic heterocycles. The topological polar surface area (TPSA) is 83.1 Å². The van der Waals surface area contributed by atoms with Gasteiger partial charge in [0.15, 0.2) is 0 Å². The number of nitrogens with zero attached hydrogens (tertiary/aromatic N) is 4. The molecule has 0 unspecified atom stereocenters. The summed E-state index contributed by atoms with van der Waals surface area (Å²) in [5, 5.41) is 0. The minimum atomic E-state index is -4.63. The Kier molecular flexibility index (Phi) is 5.66. The van der Waals surface area contributed by atoms with Gasteiger partial charge in [0.05, 0.1) is 5.56 Å². The largest absolute Gasteiger partial charge is 0.444 e. The molecule has 11 heteroatoms. The number of hydrogen-bond donors (Lipinski definition) is 0. The highest BCUT2D eigenvalue weighted by Gasteiger charge is 2.58. The van der Waals surface area contributed by atoms with Crippen LogP contribution in [0.25, 0.3) is 0 Å². The van der Waals surface area contributed by atoms with Crippen LogP contribution in [0.3, 0.4) is 0 Å². The molecule has 1 spiro atoms. The zero-order valence-corrected chi connectivity index (χ0v) is 17.8. The Morgan fingerprint density at radius 3 is 2.32 bits per heavy atom. The number of imide groups is 1. The van der Waals surface area contributed by atoms with Crippen molar-refractivity contribution in [2.45, 2.75) is 57.9 Å². The molecular formula is C20H25F3N4O4. The quantitative estimate of drug-likeness (QED) is 0.653. The predicted molar refractivity (Wildman–Crippen MR) is 104 cm³/mol. The van der Waals surface area contributed by atoms with E-state index in [0.29, 0.717) is 11.0 Å². The van der Waals surface area contributed by atoms with E-state index in [9.17, 15) is 27.6 Å². The first-order chi connectivity index (χ1) is 14.3. The van der Waals surface area contributed by atoms with Crippen molar-refractivity contribution in [3.63, 3.8) is 0 Å². The number of carbonyl (C=O) groups excluding carboxylic acids is 3. The number of piperidine rings is 1. The van der Waals surface area contributed by atoms with E-state index in [-0.39, 0.29) is 38.3 Å². The van der Waals surface area contributed by atoms with Gasteiger partial charge in [-0.15, -0.1) is 0 Å². The number of alkyl halides is 3. The van der Waals surface area contributed by atoms with E-state index < -0.39 is 40.9 Å². The predicted octanol–water partition coefficient (Wildman–Crippen LogP) is 3.66. The van der Waals surface area contributed by atoms with Gasteiger partial charge in [0.1, 0.15) is 17.0 Å². The number of likely N-dealkylation sites (tertiary alicyclic amines) is 1. The molecule has 0 saturated carbocycles. The van der Waals surface area contributed by atoms with Gasteiger partial charge >= 0.3 is 18.3 Å². The van der Waals surface area contributed by atoms with Crippen LogP contribution in [0, 0.1) is 0 Å². The van der Waals surface area contributed by atoms with Crippen LogP contribution in [0.2, 0.25) is 0 Å². The lowest BCUT2D eigenvalue weighted by molar-refractivity contribution is -0.137. The molecule has 31 heavy (non-hydrogen) atoms. The molecule has 0 radical (unpaired) electrons. The van der Waals surface area contributed by atoms with Crippen molar-refractivity contribution in [3.8, 4) is 0 Å². The summed E-state index contributed by atoms with van der Waals surface area (Å²) < 4.78 is 44.7. The van der Waals surface area contributed by atoms with Crippen molar-refractivity contribution in [2.24, 2.45) is 0 Å². The third-order valence-corrected chi connectivity index (χ3v) is 5.40. The van der Waals surface area contributed by atoms with Crippen molar-refractivity contribution in [1.82, 2.24) is 14.8 Å². The third-order valence-electron chi connectivity index (χ3n) is 5.40. The maximum atomic E-state index is 13.3. The molecule has 0 aromatic carbocycles. The number of carbonyl (C=O) groups is 3. The Morgan fingerprint density at radius 2 is 1.81 bits per heavy atom. The number of rotatable bonds is 2. The van der Waals surface area contributed by atoms with E-state index in [2.05, 4.69) is 4.98 Å². The van der Waals surface area contributed by atoms with E-state index in [1.165, 1.54) is 9.80 Å². The first-order valence-electron chi connectivity index (χ1n) is 9.97. The van der Waals surface area contributed by atoms with Gasteiger partial charge < -0.3 is 14.5 Å². The summed E-state index contributed by atoms with van der Waals surface area (Å²) in [5.41, 5.74) is -2.91. The Bertz CT molecular complexity index is 889. The van der Waals surface area contributed by atoms with Crippen LogP contribution in [-0.2, 0) is 15.7 Å². The van der Waals surface area contributed by atoms with Crippen molar-refractivity contribution in [1.29, 1.82) is 0 Å². The van der Waals surface area contributed by atoms with Crippen molar-refractivity contribution in [3.05, 3.63) is 23.9 Å². The fourth-order valence-corrected chi connectivity index (χ4v) is 3.94. The minimum absolute atomic E-state index is 0.153. The summed E-state index contributed by atoms with van der Waals surface area (Å²) in [7, 11) is 0. The number of halogens is 3. The van der Waals surface area contributed by atoms with Crippen molar-refractivity contribution < 1.29 is 32.3 Å². The monoisotopic (exact) mass is 442 g/mol. The number of amides is 4. The first-order valence-corrected chi connectivity index (χ1v) is 9.97. The third kappa shape index (κ3) is 4.17. The smallest absolute Gasteiger partial charge is 0.416 e. The summed E-state index contributed by atoms with van der Waals surface area (Å²) in [6, 6.07) is 0.754. The molecule has 0 aliphatic carbocycles. The Hall–Kier alpha value is -2.85. The van der Waals surface area contributed by atoms with Gasteiger partial charge in [0, 0.05) is 25.8 Å². The first kappa shape index (κ1) is 22.8. The van der Waals surface area contributed by atoms with Crippen LogP contribution >= 0.6 is 0 Å². The number of aromatic nitrogens is 1. The molecule has 1 aromatic rings. The highest BCUT2D eigenvalue weighted by atomic mass is 19.4. The fraction of sp³-hybridized carbons (Fsp3) is 0.600. The molecule has 0 bridgehead atoms. The van der Waals surface area contributed by atoms with E-state index >= 15 is 0 Å². The Labute approximate surface area is 177 Å². The highest BCUT2D eigenvalue weighted by Crippen LogP contribution is 2.40. The maximum absolute atomic E-state index is 13.3. The van der Waals surface area contributed by atoms with Crippen molar-refractivity contribution in [2.75, 3.05) is 24.5 Å². The summed E-state index contributed by atoms with van der Waals surface area (Å²) in [6.45, 7) is 7.46. The minimum Gasteiger partial charge on any atom is -0.444 e. The van der Waals surface area contributed by atoms with E-state index in [1.807, 2.05) is 0 Å². The second-order valence-electron chi connectivity index (χ2n) is 8.57. The van der Waals surface area contributed by atoms with Crippen LogP contribution in [0.4, 0.5) is 28.6 Å². The summed E-state index contributed by atoms with van der Waals surface area (Å²) in [4.78, 5) is 46.0. The number of anilines is 1. The van der Waals surface area contributed by atoms with Gasteiger partial charge in [-0.05, 0) is 52.7 Å². The SMILES string of the molecule is CCN1C(=O)N(c2cc(C(F)(F)F)ccn2)C(=O)C12CCN(C(=O)OC(C)(C)C)CC2. The van der Waals surface area contributed by atoms with Crippen LogP contribution in [0.5, 0.6) is 0 Å². The van der Waals surface area contributed by atoms with Crippen LogP contribution in [0.15, 0.2) is 18.3 Å². The number of pyridine rings is 1. The zero-order valence-electron chi connectivity index (χ0n) is 17.8. The molecule has 2 saturated heterocycles. The zero-order chi connectivity index (χ0) is 23.2. The number of hydrogen-bond acceptors (Lipinski definition) is 5. The molecule has 2 aliphatic rings. The van der Waals surface area contributed by atoms with E-state index in [1.54, 1.807) is 27.7 Å². The lowest BCUT2D eigenvalue weighted by atomic mass is 9.86. The fourth-order valence-electron chi connectivity index (χ4n) is 3.94. The van der Waals surface area contributed by atoms with Gasteiger partial charge in [0.25, 0.3) is 5.91 Å². The lowest BCUT2D eigenvalue weighted by Gasteiger charge is -2.41. The van der Waals surface area contributed by atoms with Gasteiger partial charge in [-0.2, -0.15) is 13.2 Å². The molecule has 2 fully saturated rings. The second kappa shape index (κ2) is 7.69. The second-order valence-corrected chi connectivity index (χ2v) is 8.57. The maximum Gasteiger partial charge on any atom is 0.416 e. The van der Waals surface area contributed by atoms with E-state index in [4.69, 9.17) is 4.74 Å². The van der Waals surface area contributed by atoms with Crippen LogP contribution in [0.1, 0.15) is 46.1 Å². The Morgan fingerprint density at radius 1 is 1.19 bits per heavy atom. The molecular weight excluding hydrogens is 417 g/mol. The van der Waals surface area contributed by atoms with Gasteiger partial charge in [-0.25, -0.2) is 19.5 Å².